The lowest BCUT2D eigenvalue weighted by Gasteiger charge is -2.32. The summed E-state index contributed by atoms with van der Waals surface area (Å²) in [4.78, 5) is 36.3. The van der Waals surface area contributed by atoms with Crippen LogP contribution >= 0.6 is 0 Å². The summed E-state index contributed by atoms with van der Waals surface area (Å²) in [5.41, 5.74) is -2.35. The molecule has 1 heterocycles. The van der Waals surface area contributed by atoms with Crippen LogP contribution in [0.25, 0.3) is 0 Å². The van der Waals surface area contributed by atoms with Crippen molar-refractivity contribution in [2.75, 3.05) is 0 Å². The number of nitrogens with one attached hydrogen (secondary N) is 1. The first-order valence-electron chi connectivity index (χ1n) is 5.71. The molecule has 94 valence electrons. The lowest BCUT2D eigenvalue weighted by atomic mass is 9.94. The maximum absolute atomic E-state index is 12.1. The van der Waals surface area contributed by atoms with Gasteiger partial charge in [0.2, 0.25) is 0 Å². The molecular formula is C11H16N2O4. The van der Waals surface area contributed by atoms with Gasteiger partial charge in [-0.05, 0) is 26.7 Å². The zero-order valence-corrected chi connectivity index (χ0v) is 9.95. The van der Waals surface area contributed by atoms with Gasteiger partial charge in [-0.3, -0.25) is 4.79 Å². The number of amides is 3. The van der Waals surface area contributed by atoms with Crippen LogP contribution in [0.2, 0.25) is 0 Å². The molecule has 2 fully saturated rings. The third-order valence-corrected chi connectivity index (χ3v) is 3.62. The molecule has 17 heavy (non-hydrogen) atoms. The fourth-order valence-corrected chi connectivity index (χ4v) is 2.63. The predicted molar refractivity (Wildman–Crippen MR) is 58.3 cm³/mol. The summed E-state index contributed by atoms with van der Waals surface area (Å²) in [7, 11) is 0. The number of hydrogen-bond acceptors (Lipinski definition) is 3. The Morgan fingerprint density at radius 1 is 1.29 bits per heavy atom. The first-order chi connectivity index (χ1) is 7.81. The van der Waals surface area contributed by atoms with Crippen LogP contribution in [0.1, 0.15) is 39.5 Å². The summed E-state index contributed by atoms with van der Waals surface area (Å²) in [6.07, 6.45) is 2.14. The van der Waals surface area contributed by atoms with E-state index < -0.39 is 29.0 Å². The zero-order chi connectivity index (χ0) is 12.8. The van der Waals surface area contributed by atoms with E-state index in [9.17, 15) is 19.5 Å². The maximum atomic E-state index is 12.1. The number of carboxylic acids is 1. The van der Waals surface area contributed by atoms with Crippen LogP contribution in [0.5, 0.6) is 0 Å². The minimum Gasteiger partial charge on any atom is -0.479 e. The molecule has 0 atom stereocenters. The molecule has 1 aliphatic carbocycles. The molecule has 2 aliphatic rings. The maximum Gasteiger partial charge on any atom is 0.330 e. The Morgan fingerprint density at radius 2 is 1.82 bits per heavy atom. The number of carbonyl (C=O) groups is 3. The van der Waals surface area contributed by atoms with Crippen LogP contribution in [0.15, 0.2) is 0 Å². The van der Waals surface area contributed by atoms with E-state index in [0.717, 1.165) is 17.7 Å². The minimum absolute atomic E-state index is 0.345. The van der Waals surface area contributed by atoms with E-state index >= 15 is 0 Å². The van der Waals surface area contributed by atoms with Gasteiger partial charge >= 0.3 is 12.0 Å². The van der Waals surface area contributed by atoms with Gasteiger partial charge in [-0.15, -0.1) is 0 Å². The minimum atomic E-state index is -1.34. The highest BCUT2D eigenvalue weighted by molar-refractivity contribution is 6.10. The van der Waals surface area contributed by atoms with Gasteiger partial charge in [0, 0.05) is 0 Å². The smallest absolute Gasteiger partial charge is 0.330 e. The number of carbonyl (C=O) groups excluding carboxylic acids is 2. The molecule has 1 aliphatic heterocycles. The van der Waals surface area contributed by atoms with E-state index in [-0.39, 0.29) is 0 Å². The first-order valence-corrected chi connectivity index (χ1v) is 5.71. The van der Waals surface area contributed by atoms with Gasteiger partial charge in [0.15, 0.2) is 0 Å². The van der Waals surface area contributed by atoms with Crippen LogP contribution in [0, 0.1) is 0 Å². The number of carboxylic acid groups (broad SMARTS) is 1. The summed E-state index contributed by atoms with van der Waals surface area (Å²) in [5.74, 6) is -1.54. The van der Waals surface area contributed by atoms with Crippen LogP contribution in [-0.2, 0) is 9.59 Å². The third-order valence-electron chi connectivity index (χ3n) is 3.62. The lowest BCUT2D eigenvalue weighted by Crippen LogP contribution is -2.56. The lowest BCUT2D eigenvalue weighted by molar-refractivity contribution is -0.155. The third kappa shape index (κ3) is 1.50. The molecule has 0 unspecified atom stereocenters. The number of urea groups is 1. The van der Waals surface area contributed by atoms with Crippen molar-refractivity contribution in [1.82, 2.24) is 10.2 Å². The fraction of sp³-hybridized carbons (Fsp3) is 0.727. The standard InChI is InChI=1S/C11H16N2O4/c1-10(2)7(14)13(9(17)12-10)11(8(15)16)5-3-4-6-11/h3-6H2,1-2H3,(H,12,17)(H,15,16). The number of nitrogens with zero attached hydrogens (tertiary/aromatic N) is 1. The summed E-state index contributed by atoms with van der Waals surface area (Å²) in [6.45, 7) is 3.16. The molecule has 3 amide bonds. The van der Waals surface area contributed by atoms with Gasteiger partial charge in [-0.25, -0.2) is 14.5 Å². The molecular weight excluding hydrogens is 224 g/mol. The van der Waals surface area contributed by atoms with E-state index in [1.165, 1.54) is 0 Å². The second-order valence-corrected chi connectivity index (χ2v) is 5.24. The van der Waals surface area contributed by atoms with Crippen molar-refractivity contribution in [1.29, 1.82) is 0 Å². The van der Waals surface area contributed by atoms with Crippen molar-refractivity contribution in [3.05, 3.63) is 0 Å². The van der Waals surface area contributed by atoms with Gasteiger partial charge in [-0.2, -0.15) is 0 Å². The van der Waals surface area contributed by atoms with Crippen LogP contribution in [-0.4, -0.2) is 39.0 Å². The Morgan fingerprint density at radius 3 is 2.18 bits per heavy atom. The predicted octanol–water partition coefficient (Wildman–Crippen LogP) is 0.714. The first kappa shape index (κ1) is 11.9. The Kier molecular flexibility index (Phi) is 2.41. The largest absolute Gasteiger partial charge is 0.479 e. The van der Waals surface area contributed by atoms with Crippen molar-refractivity contribution in [3.8, 4) is 0 Å². The monoisotopic (exact) mass is 240 g/mol. The fourth-order valence-electron chi connectivity index (χ4n) is 2.63. The number of hydrogen-bond donors (Lipinski definition) is 2. The Balaban J connectivity index is 2.42. The van der Waals surface area contributed by atoms with E-state index in [1.807, 2.05) is 0 Å². The Hall–Kier alpha value is -1.59. The Labute approximate surface area is 99.0 Å². The average Bonchev–Trinajstić information content (AvgIpc) is 2.73. The molecule has 6 nitrogen and oxygen atoms in total. The van der Waals surface area contributed by atoms with Crippen molar-refractivity contribution in [2.24, 2.45) is 0 Å². The van der Waals surface area contributed by atoms with Gasteiger partial charge in [0.1, 0.15) is 11.1 Å². The molecule has 0 aromatic rings. The molecule has 2 rings (SSSR count). The highest BCUT2D eigenvalue weighted by Gasteiger charge is 2.58. The van der Waals surface area contributed by atoms with Crippen LogP contribution in [0.4, 0.5) is 4.79 Å². The summed E-state index contributed by atoms with van der Waals surface area (Å²) < 4.78 is 0. The summed E-state index contributed by atoms with van der Waals surface area (Å²) in [5, 5.41) is 11.9. The van der Waals surface area contributed by atoms with E-state index in [1.54, 1.807) is 13.8 Å². The van der Waals surface area contributed by atoms with Crippen molar-refractivity contribution in [3.63, 3.8) is 0 Å². The highest BCUT2D eigenvalue weighted by Crippen LogP contribution is 2.38. The SMILES string of the molecule is CC1(C)NC(=O)N(C2(C(=O)O)CCCC2)C1=O. The van der Waals surface area contributed by atoms with Crippen LogP contribution in [0.3, 0.4) is 0 Å². The van der Waals surface area contributed by atoms with Crippen molar-refractivity contribution in [2.45, 2.75) is 50.6 Å². The zero-order valence-electron chi connectivity index (χ0n) is 9.95. The number of rotatable bonds is 2. The molecule has 0 bridgehead atoms. The molecule has 1 saturated carbocycles. The molecule has 2 N–H and O–H groups in total. The summed E-state index contributed by atoms with van der Waals surface area (Å²) in [6, 6.07) is -0.593. The second kappa shape index (κ2) is 3.45. The highest BCUT2D eigenvalue weighted by atomic mass is 16.4. The second-order valence-electron chi connectivity index (χ2n) is 5.24. The van der Waals surface area contributed by atoms with Crippen molar-refractivity contribution >= 4 is 17.9 Å². The number of aliphatic carboxylic acids is 1. The molecule has 1 saturated heterocycles. The van der Waals surface area contributed by atoms with E-state index in [0.29, 0.717) is 12.8 Å². The molecule has 0 aromatic carbocycles. The van der Waals surface area contributed by atoms with Gasteiger partial charge in [0.25, 0.3) is 5.91 Å². The number of imide groups is 1. The average molecular weight is 240 g/mol. The molecule has 0 spiro atoms. The van der Waals surface area contributed by atoms with Gasteiger partial charge in [-0.1, -0.05) is 12.8 Å². The normalized spacial score (nSPS) is 26.1. The Bertz CT molecular complexity index is 396. The van der Waals surface area contributed by atoms with E-state index in [4.69, 9.17) is 0 Å². The van der Waals surface area contributed by atoms with Crippen molar-refractivity contribution < 1.29 is 19.5 Å². The van der Waals surface area contributed by atoms with Gasteiger partial charge in [0.05, 0.1) is 0 Å². The molecule has 0 aromatic heterocycles. The van der Waals surface area contributed by atoms with Gasteiger partial charge < -0.3 is 10.4 Å². The molecule has 0 radical (unpaired) electrons. The quantitative estimate of drug-likeness (QED) is 0.696. The topological polar surface area (TPSA) is 86.7 Å². The summed E-state index contributed by atoms with van der Waals surface area (Å²) >= 11 is 0. The van der Waals surface area contributed by atoms with E-state index in [2.05, 4.69) is 5.32 Å². The molecule has 6 heteroatoms. The van der Waals surface area contributed by atoms with Crippen LogP contribution < -0.4 is 5.32 Å².